The Morgan fingerprint density at radius 3 is 2.07 bits per heavy atom. The Bertz CT molecular complexity index is 761. The van der Waals surface area contributed by atoms with Gasteiger partial charge in [-0.1, -0.05) is 0 Å². The second kappa shape index (κ2) is 8.78. The maximum absolute atomic E-state index is 12.6. The monoisotopic (exact) mass is 626 g/mol. The zero-order chi connectivity index (χ0) is 21.2. The molecule has 27 heavy (non-hydrogen) atoms. The molecule has 1 aromatic carbocycles. The minimum Gasteiger partial charge on any atom is -0.481 e. The van der Waals surface area contributed by atoms with Crippen molar-refractivity contribution in [1.29, 1.82) is 0 Å². The van der Waals surface area contributed by atoms with E-state index in [2.05, 4.69) is 9.47 Å². The van der Waals surface area contributed by atoms with Crippen LogP contribution in [0.4, 0.5) is 26.3 Å². The second-order valence-corrected chi connectivity index (χ2v) is 7.09. The zero-order valence-electron chi connectivity index (χ0n) is 12.5. The van der Waals surface area contributed by atoms with E-state index < -0.39 is 54.1 Å². The van der Waals surface area contributed by atoms with Crippen LogP contribution in [0, 0.1) is 13.1 Å². The Balaban J connectivity index is 3.16. The summed E-state index contributed by atoms with van der Waals surface area (Å²) in [6.45, 7) is -1.62. The molecule has 1 unspecified atom stereocenters. The van der Waals surface area contributed by atoms with Crippen LogP contribution in [0.2, 0.25) is 0 Å². The van der Waals surface area contributed by atoms with Crippen LogP contribution in [-0.2, 0) is 14.3 Å². The molecule has 0 aliphatic rings. The molecule has 0 aliphatic heterocycles. The predicted molar refractivity (Wildman–Crippen MR) is 91.0 cm³/mol. The van der Waals surface area contributed by atoms with Crippen LogP contribution in [0.1, 0.15) is 10.4 Å². The number of alkyl halides is 6. The number of hydrogen-bond donors (Lipinski definition) is 1. The molecule has 0 aromatic heterocycles. The average Bonchev–Trinajstić information content (AvgIpc) is 2.46. The summed E-state index contributed by atoms with van der Waals surface area (Å²) < 4.78 is 83.3. The third-order valence-corrected chi connectivity index (χ3v) is 4.15. The van der Waals surface area contributed by atoms with Gasteiger partial charge in [-0.05, 0) is 57.3 Å². The van der Waals surface area contributed by atoms with Gasteiger partial charge in [0.1, 0.15) is 12.2 Å². The summed E-state index contributed by atoms with van der Waals surface area (Å²) in [6, 6.07) is 2.14. The summed E-state index contributed by atoms with van der Waals surface area (Å²) >= 11 is 3.09. The van der Waals surface area contributed by atoms with E-state index in [9.17, 15) is 40.7 Å². The first-order chi connectivity index (χ1) is 12.1. The van der Waals surface area contributed by atoms with Crippen molar-refractivity contribution in [2.75, 3.05) is 6.61 Å². The van der Waals surface area contributed by atoms with E-state index in [0.29, 0.717) is 0 Å². The lowest BCUT2D eigenvalue weighted by atomic mass is 10.1. The van der Waals surface area contributed by atoms with Crippen molar-refractivity contribution >= 4 is 63.1 Å². The third kappa shape index (κ3) is 6.65. The number of hydrogen-bond acceptors (Lipinski definition) is 5. The number of esters is 2. The van der Waals surface area contributed by atoms with Crippen LogP contribution in [0.3, 0.4) is 0 Å². The van der Waals surface area contributed by atoms with E-state index in [4.69, 9.17) is 5.11 Å². The second-order valence-electron chi connectivity index (χ2n) is 4.68. The zero-order valence-corrected chi connectivity index (χ0v) is 16.8. The van der Waals surface area contributed by atoms with Crippen LogP contribution < -0.4 is 4.74 Å². The lowest BCUT2D eigenvalue weighted by Gasteiger charge is -2.17. The maximum Gasteiger partial charge on any atom is 0.491 e. The Morgan fingerprint density at radius 1 is 1.07 bits per heavy atom. The normalized spacial score (nSPS) is 13.0. The van der Waals surface area contributed by atoms with Crippen molar-refractivity contribution in [3.63, 3.8) is 0 Å². The molecule has 14 heteroatoms. The van der Waals surface area contributed by atoms with Gasteiger partial charge in [0.2, 0.25) is 0 Å². The Labute approximate surface area is 173 Å². The lowest BCUT2D eigenvalue weighted by Crippen LogP contribution is -2.35. The summed E-state index contributed by atoms with van der Waals surface area (Å²) in [5, 5.41) is 8.54. The van der Waals surface area contributed by atoms with E-state index in [1.165, 1.54) is 28.7 Å². The van der Waals surface area contributed by atoms with Crippen molar-refractivity contribution in [3.05, 3.63) is 24.8 Å². The molecule has 0 aliphatic carbocycles. The van der Waals surface area contributed by atoms with Crippen molar-refractivity contribution in [1.82, 2.24) is 0 Å². The molecule has 0 spiro atoms. The van der Waals surface area contributed by atoms with Gasteiger partial charge in [0, 0.05) is 3.57 Å². The minimum atomic E-state index is -5.39. The smallest absolute Gasteiger partial charge is 0.481 e. The van der Waals surface area contributed by atoms with Crippen molar-refractivity contribution < 1.29 is 55.3 Å². The van der Waals surface area contributed by atoms with Crippen LogP contribution in [-0.4, -0.2) is 42.0 Å². The molecule has 0 amide bonds. The number of carbonyl (C=O) groups excluding carboxylic acids is 2. The quantitative estimate of drug-likeness (QED) is 0.232. The number of carboxylic acid groups (broad SMARTS) is 1. The summed E-state index contributed by atoms with van der Waals surface area (Å²) in [4.78, 5) is 33.6. The highest BCUT2D eigenvalue weighted by Gasteiger charge is 2.46. The van der Waals surface area contributed by atoms with Crippen LogP contribution in [0.15, 0.2) is 12.1 Å². The number of ether oxygens (including phenoxy) is 2. The van der Waals surface area contributed by atoms with Gasteiger partial charge in [-0.25, -0.2) is 9.59 Å². The van der Waals surface area contributed by atoms with Gasteiger partial charge in [0.05, 0.1) is 3.57 Å². The average molecular weight is 626 g/mol. The minimum absolute atomic E-state index is 0.130. The number of rotatable bonds is 5. The van der Waals surface area contributed by atoms with Crippen molar-refractivity contribution in [2.45, 2.75) is 12.4 Å². The van der Waals surface area contributed by atoms with Gasteiger partial charge >= 0.3 is 30.3 Å². The number of halogens is 8. The first-order valence-electron chi connectivity index (χ1n) is 6.39. The molecular weight excluding hydrogens is 620 g/mol. The fraction of sp³-hybridized carbons (Fsp3) is 0.308. The van der Waals surface area contributed by atoms with Crippen molar-refractivity contribution in [2.24, 2.45) is 5.92 Å². The number of aliphatic carboxylic acids is 1. The van der Waals surface area contributed by atoms with Crippen molar-refractivity contribution in [3.8, 4) is 5.75 Å². The third-order valence-electron chi connectivity index (χ3n) is 2.73. The molecule has 0 saturated heterocycles. The van der Waals surface area contributed by atoms with E-state index in [-0.39, 0.29) is 7.14 Å². The topological polar surface area (TPSA) is 89.9 Å². The molecule has 1 rings (SSSR count). The van der Waals surface area contributed by atoms with Gasteiger partial charge in [-0.3, -0.25) is 4.79 Å². The van der Waals surface area contributed by atoms with Gasteiger partial charge in [-0.2, -0.15) is 26.3 Å². The summed E-state index contributed by atoms with van der Waals surface area (Å²) in [7, 11) is 0. The molecule has 0 fully saturated rings. The molecule has 0 bridgehead atoms. The standard InChI is InChI=1S/C13H6F6I2O6/c14-12(15,16)6(9(22)23)3-26-10(24)5-1-4(20)2-7(21)8(5)27-11(25)13(17,18)19/h1-2,6H,3H2,(H,22,23). The molecular formula is C13H6F6I2O6. The maximum atomic E-state index is 12.6. The van der Waals surface area contributed by atoms with E-state index in [1.54, 1.807) is 22.6 Å². The highest BCUT2D eigenvalue weighted by atomic mass is 127. The lowest BCUT2D eigenvalue weighted by molar-refractivity contribution is -0.199. The number of carboxylic acids is 1. The van der Waals surface area contributed by atoms with Gasteiger partial charge in [-0.15, -0.1) is 0 Å². The molecule has 0 radical (unpaired) electrons. The van der Waals surface area contributed by atoms with Gasteiger partial charge in [0.15, 0.2) is 11.7 Å². The Morgan fingerprint density at radius 2 is 1.63 bits per heavy atom. The number of benzene rings is 1. The largest absolute Gasteiger partial charge is 0.491 e. The summed E-state index contributed by atoms with van der Waals surface area (Å²) in [5.41, 5.74) is -0.768. The van der Waals surface area contributed by atoms with E-state index in [0.717, 1.165) is 6.07 Å². The molecule has 1 aromatic rings. The Kier molecular flexibility index (Phi) is 7.71. The molecule has 0 heterocycles. The SMILES string of the molecule is O=C(OCC(C(=O)O)C(F)(F)F)c1cc(I)cc(I)c1OC(=O)C(F)(F)F. The number of carbonyl (C=O) groups is 3. The highest BCUT2D eigenvalue weighted by Crippen LogP contribution is 2.32. The van der Waals surface area contributed by atoms with Crippen LogP contribution >= 0.6 is 45.2 Å². The molecule has 0 saturated carbocycles. The highest BCUT2D eigenvalue weighted by molar-refractivity contribution is 14.1. The molecule has 6 nitrogen and oxygen atoms in total. The fourth-order valence-electron chi connectivity index (χ4n) is 1.51. The van der Waals surface area contributed by atoms with Crippen LogP contribution in [0.5, 0.6) is 5.75 Å². The van der Waals surface area contributed by atoms with E-state index in [1.807, 2.05) is 0 Å². The predicted octanol–water partition coefficient (Wildman–Crippen LogP) is 3.78. The molecule has 150 valence electrons. The fourth-order valence-corrected chi connectivity index (χ4v) is 3.46. The van der Waals surface area contributed by atoms with E-state index >= 15 is 0 Å². The summed E-state index contributed by atoms with van der Waals surface area (Å²) in [6.07, 6.45) is -10.6. The van der Waals surface area contributed by atoms with Crippen LogP contribution in [0.25, 0.3) is 0 Å². The first kappa shape index (κ1) is 23.7. The summed E-state index contributed by atoms with van der Waals surface area (Å²) in [5.74, 6) is -10.5. The van der Waals surface area contributed by atoms with Gasteiger partial charge in [0.25, 0.3) is 0 Å². The van der Waals surface area contributed by atoms with Gasteiger partial charge < -0.3 is 14.6 Å². The molecule has 1 N–H and O–H groups in total. The first-order valence-corrected chi connectivity index (χ1v) is 8.55. The Hall–Kier alpha value is -1.33. The molecule has 1 atom stereocenters.